The molecular formula is C15H14F3NO2. The lowest BCUT2D eigenvalue weighted by Crippen LogP contribution is -2.34. The molecule has 21 heavy (non-hydrogen) atoms. The third-order valence-electron chi connectivity index (χ3n) is 2.71. The van der Waals surface area contributed by atoms with Crippen LogP contribution in [0, 0.1) is 0 Å². The highest BCUT2D eigenvalue weighted by molar-refractivity contribution is 5.47. The van der Waals surface area contributed by atoms with Crippen LogP contribution in [-0.2, 0) is 0 Å². The fourth-order valence-corrected chi connectivity index (χ4v) is 1.60. The minimum atomic E-state index is -4.62. The van der Waals surface area contributed by atoms with Gasteiger partial charge in [0, 0.05) is 12.2 Å². The van der Waals surface area contributed by atoms with Gasteiger partial charge in [0.15, 0.2) is 6.10 Å². The van der Waals surface area contributed by atoms with Crippen LogP contribution in [0.1, 0.15) is 0 Å². The quantitative estimate of drug-likeness (QED) is 0.881. The van der Waals surface area contributed by atoms with Crippen LogP contribution in [-0.4, -0.2) is 23.9 Å². The largest absolute Gasteiger partial charge is 0.457 e. The van der Waals surface area contributed by atoms with Crippen LogP contribution in [0.5, 0.6) is 11.5 Å². The van der Waals surface area contributed by atoms with Gasteiger partial charge in [-0.15, -0.1) is 0 Å². The summed E-state index contributed by atoms with van der Waals surface area (Å²) in [6, 6.07) is 15.6. The number of rotatable bonds is 5. The van der Waals surface area contributed by atoms with Crippen molar-refractivity contribution in [1.82, 2.24) is 0 Å². The molecule has 2 aromatic carbocycles. The topological polar surface area (TPSA) is 41.5 Å². The first kappa shape index (κ1) is 15.2. The Morgan fingerprint density at radius 2 is 1.52 bits per heavy atom. The summed E-state index contributed by atoms with van der Waals surface area (Å²) in [7, 11) is 0. The van der Waals surface area contributed by atoms with Gasteiger partial charge in [-0.3, -0.25) is 0 Å². The van der Waals surface area contributed by atoms with Crippen LogP contribution >= 0.6 is 0 Å². The van der Waals surface area contributed by atoms with Crippen molar-refractivity contribution < 1.29 is 23.0 Å². The molecule has 0 aliphatic rings. The van der Waals surface area contributed by atoms with Crippen LogP contribution in [0.4, 0.5) is 18.9 Å². The lowest BCUT2D eigenvalue weighted by Gasteiger charge is -2.16. The monoisotopic (exact) mass is 297 g/mol. The molecule has 1 unspecified atom stereocenters. The van der Waals surface area contributed by atoms with E-state index in [-0.39, 0.29) is 0 Å². The van der Waals surface area contributed by atoms with Gasteiger partial charge in [0.25, 0.3) is 0 Å². The predicted octanol–water partition coefficient (Wildman–Crippen LogP) is 3.81. The zero-order valence-corrected chi connectivity index (χ0v) is 11.0. The molecular weight excluding hydrogens is 283 g/mol. The standard InChI is InChI=1S/C15H14F3NO2/c16-15(17,18)14(20)10-19-11-6-8-13(9-7-11)21-12-4-2-1-3-5-12/h1-9,14,19-20H,10H2. The zero-order chi connectivity index (χ0) is 15.3. The number of benzene rings is 2. The minimum Gasteiger partial charge on any atom is -0.457 e. The molecule has 2 aromatic rings. The second-order valence-electron chi connectivity index (χ2n) is 4.38. The fourth-order valence-electron chi connectivity index (χ4n) is 1.60. The summed E-state index contributed by atoms with van der Waals surface area (Å²) in [4.78, 5) is 0. The molecule has 3 nitrogen and oxygen atoms in total. The smallest absolute Gasteiger partial charge is 0.416 e. The van der Waals surface area contributed by atoms with E-state index in [1.165, 1.54) is 0 Å². The normalized spacial score (nSPS) is 12.8. The summed E-state index contributed by atoms with van der Waals surface area (Å²) < 4.78 is 42.0. The van der Waals surface area contributed by atoms with Gasteiger partial charge >= 0.3 is 6.18 Å². The molecule has 0 aromatic heterocycles. The van der Waals surface area contributed by atoms with Gasteiger partial charge in [-0.05, 0) is 36.4 Å². The van der Waals surface area contributed by atoms with Crippen molar-refractivity contribution >= 4 is 5.69 Å². The fraction of sp³-hybridized carbons (Fsp3) is 0.200. The van der Waals surface area contributed by atoms with Crippen LogP contribution in [0.25, 0.3) is 0 Å². The first-order valence-corrected chi connectivity index (χ1v) is 6.27. The Hall–Kier alpha value is -2.21. The van der Waals surface area contributed by atoms with Gasteiger partial charge in [-0.2, -0.15) is 13.2 Å². The van der Waals surface area contributed by atoms with E-state index in [2.05, 4.69) is 5.32 Å². The first-order valence-electron chi connectivity index (χ1n) is 6.27. The molecule has 2 rings (SSSR count). The maximum atomic E-state index is 12.1. The summed E-state index contributed by atoms with van der Waals surface area (Å²) in [5.74, 6) is 1.24. The SMILES string of the molecule is OC(CNc1ccc(Oc2ccccc2)cc1)C(F)(F)F. The van der Waals surface area contributed by atoms with Crippen LogP contribution in [0.2, 0.25) is 0 Å². The molecule has 0 bridgehead atoms. The van der Waals surface area contributed by atoms with E-state index >= 15 is 0 Å². The number of alkyl halides is 3. The Balaban J connectivity index is 1.90. The molecule has 2 N–H and O–H groups in total. The number of aliphatic hydroxyl groups is 1. The van der Waals surface area contributed by atoms with E-state index in [0.717, 1.165) is 0 Å². The van der Waals surface area contributed by atoms with Crippen molar-refractivity contribution in [3.8, 4) is 11.5 Å². The predicted molar refractivity (Wildman–Crippen MR) is 73.5 cm³/mol. The van der Waals surface area contributed by atoms with Crippen molar-refractivity contribution in [3.63, 3.8) is 0 Å². The van der Waals surface area contributed by atoms with E-state index < -0.39 is 18.8 Å². The van der Waals surface area contributed by atoms with E-state index in [0.29, 0.717) is 17.2 Å². The zero-order valence-electron chi connectivity index (χ0n) is 11.0. The Bertz CT molecular complexity index is 555. The van der Waals surface area contributed by atoms with Crippen molar-refractivity contribution in [2.75, 3.05) is 11.9 Å². The number of halogens is 3. The molecule has 0 heterocycles. The van der Waals surface area contributed by atoms with Crippen LogP contribution in [0.3, 0.4) is 0 Å². The number of hydrogen-bond donors (Lipinski definition) is 2. The van der Waals surface area contributed by atoms with Gasteiger partial charge in [0.1, 0.15) is 11.5 Å². The number of nitrogens with one attached hydrogen (secondary N) is 1. The summed E-state index contributed by atoms with van der Waals surface area (Å²) in [6.07, 6.45) is -7.01. The number of aliphatic hydroxyl groups excluding tert-OH is 1. The number of hydrogen-bond acceptors (Lipinski definition) is 3. The van der Waals surface area contributed by atoms with Crippen LogP contribution in [0.15, 0.2) is 54.6 Å². The second kappa shape index (κ2) is 6.49. The van der Waals surface area contributed by atoms with Crippen LogP contribution < -0.4 is 10.1 Å². The Morgan fingerprint density at radius 1 is 0.952 bits per heavy atom. The Labute approximate surface area is 120 Å². The average molecular weight is 297 g/mol. The van der Waals surface area contributed by atoms with Crippen molar-refractivity contribution in [2.24, 2.45) is 0 Å². The molecule has 0 spiro atoms. The molecule has 0 aliphatic carbocycles. The number of anilines is 1. The van der Waals surface area contributed by atoms with Gasteiger partial charge in [0.2, 0.25) is 0 Å². The number of para-hydroxylation sites is 1. The minimum absolute atomic E-state index is 0.471. The van der Waals surface area contributed by atoms with E-state index in [1.807, 2.05) is 18.2 Å². The molecule has 112 valence electrons. The van der Waals surface area contributed by atoms with Gasteiger partial charge in [-0.1, -0.05) is 18.2 Å². The second-order valence-corrected chi connectivity index (χ2v) is 4.38. The molecule has 0 fully saturated rings. The number of ether oxygens (including phenoxy) is 1. The Kier molecular flexibility index (Phi) is 4.70. The molecule has 0 saturated carbocycles. The van der Waals surface area contributed by atoms with Crippen molar-refractivity contribution in [2.45, 2.75) is 12.3 Å². The molecule has 0 amide bonds. The average Bonchev–Trinajstić information content (AvgIpc) is 2.46. The van der Waals surface area contributed by atoms with Gasteiger partial charge in [-0.25, -0.2) is 0 Å². The summed E-state index contributed by atoms with van der Waals surface area (Å²) in [6.45, 7) is -0.595. The molecule has 0 radical (unpaired) electrons. The van der Waals surface area contributed by atoms with E-state index in [1.54, 1.807) is 36.4 Å². The summed E-state index contributed by atoms with van der Waals surface area (Å²) >= 11 is 0. The highest BCUT2D eigenvalue weighted by Gasteiger charge is 2.37. The lowest BCUT2D eigenvalue weighted by atomic mass is 10.2. The lowest BCUT2D eigenvalue weighted by molar-refractivity contribution is -0.198. The van der Waals surface area contributed by atoms with Crippen molar-refractivity contribution in [3.05, 3.63) is 54.6 Å². The summed E-state index contributed by atoms with van der Waals surface area (Å²) in [5.41, 5.74) is 0.471. The highest BCUT2D eigenvalue weighted by Crippen LogP contribution is 2.24. The van der Waals surface area contributed by atoms with Gasteiger partial charge < -0.3 is 15.2 Å². The highest BCUT2D eigenvalue weighted by atomic mass is 19.4. The third kappa shape index (κ3) is 4.68. The molecule has 1 atom stereocenters. The maximum Gasteiger partial charge on any atom is 0.416 e. The van der Waals surface area contributed by atoms with E-state index in [4.69, 9.17) is 9.84 Å². The summed E-state index contributed by atoms with van der Waals surface area (Å²) in [5, 5.41) is 11.4. The molecule has 0 aliphatic heterocycles. The van der Waals surface area contributed by atoms with Gasteiger partial charge in [0.05, 0.1) is 0 Å². The first-order chi connectivity index (χ1) is 9.95. The van der Waals surface area contributed by atoms with E-state index in [9.17, 15) is 13.2 Å². The third-order valence-corrected chi connectivity index (χ3v) is 2.71. The Morgan fingerprint density at radius 3 is 2.10 bits per heavy atom. The molecule has 0 saturated heterocycles. The molecule has 6 heteroatoms. The van der Waals surface area contributed by atoms with Crippen molar-refractivity contribution in [1.29, 1.82) is 0 Å². The maximum absolute atomic E-state index is 12.1.